The van der Waals surface area contributed by atoms with Crippen LogP contribution in [0.1, 0.15) is 39.3 Å². The predicted molar refractivity (Wildman–Crippen MR) is 91.2 cm³/mol. The Bertz CT molecular complexity index is 746. The molecule has 3 nitrogen and oxygen atoms in total. The molecule has 0 saturated heterocycles. The Labute approximate surface area is 141 Å². The van der Waals surface area contributed by atoms with E-state index < -0.39 is 21.5 Å². The molecule has 0 bridgehead atoms. The molecule has 7 heteroatoms. The van der Waals surface area contributed by atoms with Crippen LogP contribution in [0.5, 0.6) is 0 Å². The minimum absolute atomic E-state index is 0.0291. The van der Waals surface area contributed by atoms with Crippen molar-refractivity contribution >= 4 is 45.1 Å². The lowest BCUT2D eigenvalue weighted by molar-refractivity contribution is 0.616. The topological polar surface area (TPSA) is 42.0 Å². The number of nitrogens with zero attached hydrogens (tertiary/aromatic N) is 1. The van der Waals surface area contributed by atoms with E-state index in [0.29, 0.717) is 16.5 Å². The summed E-state index contributed by atoms with van der Waals surface area (Å²) in [7, 11) is -1.24. The lowest BCUT2D eigenvalue weighted by Crippen LogP contribution is -2.34. The normalized spacial score (nSPS) is 15.0. The van der Waals surface area contributed by atoms with E-state index in [-0.39, 0.29) is 16.2 Å². The maximum Gasteiger partial charge on any atom is 0.143 e. The van der Waals surface area contributed by atoms with Gasteiger partial charge in [0.2, 0.25) is 0 Å². The van der Waals surface area contributed by atoms with Crippen LogP contribution in [-0.4, -0.2) is 13.9 Å². The Hall–Kier alpha value is -0.750. The summed E-state index contributed by atoms with van der Waals surface area (Å²) in [6, 6.07) is 4.27. The van der Waals surface area contributed by atoms with Crippen molar-refractivity contribution in [3.05, 3.63) is 39.8 Å². The zero-order valence-corrected chi connectivity index (χ0v) is 15.0. The van der Waals surface area contributed by atoms with Crippen LogP contribution in [0, 0.1) is 5.82 Å². The molecule has 0 saturated carbocycles. The second-order valence-corrected chi connectivity index (χ2v) is 8.81. The first-order valence-electron chi connectivity index (χ1n) is 6.73. The molecule has 1 aromatic carbocycles. The van der Waals surface area contributed by atoms with Crippen molar-refractivity contribution in [2.75, 3.05) is 0 Å². The average molecular weight is 363 g/mol. The lowest BCUT2D eigenvalue weighted by Gasteiger charge is -2.22. The van der Waals surface area contributed by atoms with E-state index in [9.17, 15) is 8.60 Å². The van der Waals surface area contributed by atoms with Gasteiger partial charge in [-0.05, 0) is 39.8 Å². The highest BCUT2D eigenvalue weighted by Crippen LogP contribution is 2.29. The number of pyridine rings is 1. The Morgan fingerprint density at radius 1 is 1.27 bits per heavy atom. The molecule has 2 atom stereocenters. The molecule has 2 aromatic rings. The molecule has 0 amide bonds. The van der Waals surface area contributed by atoms with Gasteiger partial charge in [0.05, 0.1) is 26.3 Å². The van der Waals surface area contributed by atoms with E-state index in [1.807, 2.05) is 27.7 Å². The number of hydrogen-bond acceptors (Lipinski definition) is 2. The summed E-state index contributed by atoms with van der Waals surface area (Å²) in [6.07, 6.45) is 0. The van der Waals surface area contributed by atoms with Crippen LogP contribution < -0.4 is 4.72 Å². The minimum atomic E-state index is -1.24. The summed E-state index contributed by atoms with van der Waals surface area (Å²) in [5.41, 5.74) is 1.12. The fourth-order valence-electron chi connectivity index (χ4n) is 1.87. The zero-order chi connectivity index (χ0) is 16.7. The maximum atomic E-state index is 13.5. The highest BCUT2D eigenvalue weighted by atomic mass is 35.5. The summed E-state index contributed by atoms with van der Waals surface area (Å²) in [5, 5.41) is 0.961. The van der Waals surface area contributed by atoms with E-state index in [0.717, 1.165) is 0 Å². The molecule has 0 radical (unpaired) electrons. The van der Waals surface area contributed by atoms with Gasteiger partial charge in [-0.3, -0.25) is 0 Å². The van der Waals surface area contributed by atoms with Gasteiger partial charge in [-0.25, -0.2) is 18.3 Å². The van der Waals surface area contributed by atoms with Crippen molar-refractivity contribution in [1.82, 2.24) is 9.71 Å². The third kappa shape index (κ3) is 3.77. The zero-order valence-electron chi connectivity index (χ0n) is 12.7. The van der Waals surface area contributed by atoms with Crippen LogP contribution in [0.4, 0.5) is 4.39 Å². The summed E-state index contributed by atoms with van der Waals surface area (Å²) >= 11 is 12.0. The predicted octanol–water partition coefficient (Wildman–Crippen LogP) is 4.79. The Morgan fingerprint density at radius 2 is 1.91 bits per heavy atom. The van der Waals surface area contributed by atoms with Crippen molar-refractivity contribution in [2.45, 2.75) is 38.5 Å². The summed E-state index contributed by atoms with van der Waals surface area (Å²) in [5.74, 6) is -0.537. The van der Waals surface area contributed by atoms with E-state index >= 15 is 0 Å². The van der Waals surface area contributed by atoms with Gasteiger partial charge < -0.3 is 0 Å². The first-order chi connectivity index (χ1) is 10.1. The molecule has 0 aliphatic rings. The first kappa shape index (κ1) is 17.6. The standard InChI is InChI=1S/C15H17Cl2FN2OS/c1-8(20-22(21)15(2,3)4)10-5-9-6-11(16)12(18)7-13(9)19-14(10)17/h5-8,20H,1-4H3. The number of rotatable bonds is 3. The van der Waals surface area contributed by atoms with Crippen LogP contribution in [-0.2, 0) is 11.0 Å². The smallest absolute Gasteiger partial charge is 0.143 e. The Morgan fingerprint density at radius 3 is 2.50 bits per heavy atom. The van der Waals surface area contributed by atoms with Gasteiger partial charge in [0.1, 0.15) is 11.0 Å². The van der Waals surface area contributed by atoms with Crippen molar-refractivity contribution < 1.29 is 8.60 Å². The Kier molecular flexibility index (Phi) is 5.12. The third-order valence-electron chi connectivity index (χ3n) is 3.14. The minimum Gasteiger partial charge on any atom is -0.242 e. The summed E-state index contributed by atoms with van der Waals surface area (Å²) < 4.78 is 28.3. The number of halogens is 3. The fourth-order valence-corrected chi connectivity index (χ4v) is 3.15. The van der Waals surface area contributed by atoms with Crippen LogP contribution in [0.2, 0.25) is 10.2 Å². The third-order valence-corrected chi connectivity index (χ3v) is 5.42. The first-order valence-corrected chi connectivity index (χ1v) is 8.63. The molecule has 1 aromatic heterocycles. The molecule has 22 heavy (non-hydrogen) atoms. The van der Waals surface area contributed by atoms with Gasteiger partial charge in [0.15, 0.2) is 0 Å². The molecule has 1 N–H and O–H groups in total. The van der Waals surface area contributed by atoms with Gasteiger partial charge >= 0.3 is 0 Å². The molecule has 0 aliphatic heterocycles. The number of nitrogens with one attached hydrogen (secondary N) is 1. The van der Waals surface area contributed by atoms with Gasteiger partial charge in [-0.2, -0.15) is 0 Å². The SMILES string of the molecule is CC(NS(=O)C(C)(C)C)c1cc2cc(Cl)c(F)cc2nc1Cl. The van der Waals surface area contributed by atoms with Crippen LogP contribution in [0.3, 0.4) is 0 Å². The van der Waals surface area contributed by atoms with Crippen LogP contribution >= 0.6 is 23.2 Å². The second-order valence-electron chi connectivity index (χ2n) is 6.05. The average Bonchev–Trinajstić information content (AvgIpc) is 2.38. The van der Waals surface area contributed by atoms with E-state index in [2.05, 4.69) is 9.71 Å². The van der Waals surface area contributed by atoms with Gasteiger partial charge in [-0.15, -0.1) is 0 Å². The summed E-state index contributed by atoms with van der Waals surface area (Å²) in [6.45, 7) is 7.49. The molecule has 2 rings (SSSR count). The van der Waals surface area contributed by atoms with Crippen molar-refractivity contribution in [3.8, 4) is 0 Å². The fraction of sp³-hybridized carbons (Fsp3) is 0.400. The number of benzene rings is 1. The maximum absolute atomic E-state index is 13.5. The second kappa shape index (κ2) is 6.40. The van der Waals surface area contributed by atoms with Gasteiger partial charge in [0.25, 0.3) is 0 Å². The molecule has 1 heterocycles. The largest absolute Gasteiger partial charge is 0.242 e. The molecule has 120 valence electrons. The lowest BCUT2D eigenvalue weighted by atomic mass is 10.1. The van der Waals surface area contributed by atoms with Crippen molar-refractivity contribution in [3.63, 3.8) is 0 Å². The molecular weight excluding hydrogens is 346 g/mol. The van der Waals surface area contributed by atoms with E-state index in [1.165, 1.54) is 12.1 Å². The van der Waals surface area contributed by atoms with Gasteiger partial charge in [0, 0.05) is 23.1 Å². The number of fused-ring (bicyclic) bond motifs is 1. The molecular formula is C15H17Cl2FN2OS. The molecule has 0 spiro atoms. The van der Waals surface area contributed by atoms with Crippen LogP contribution in [0.25, 0.3) is 10.9 Å². The van der Waals surface area contributed by atoms with E-state index in [4.69, 9.17) is 23.2 Å². The molecule has 0 fully saturated rings. The van der Waals surface area contributed by atoms with Gasteiger partial charge in [-0.1, -0.05) is 23.2 Å². The van der Waals surface area contributed by atoms with E-state index in [1.54, 1.807) is 6.07 Å². The van der Waals surface area contributed by atoms with Crippen molar-refractivity contribution in [2.24, 2.45) is 0 Å². The summed E-state index contributed by atoms with van der Waals surface area (Å²) in [4.78, 5) is 4.20. The molecule has 2 unspecified atom stereocenters. The quantitative estimate of drug-likeness (QED) is 0.797. The number of hydrogen-bond donors (Lipinski definition) is 1. The molecule has 0 aliphatic carbocycles. The Balaban J connectivity index is 2.41. The number of aromatic nitrogens is 1. The highest BCUT2D eigenvalue weighted by molar-refractivity contribution is 7.84. The van der Waals surface area contributed by atoms with Crippen LogP contribution in [0.15, 0.2) is 18.2 Å². The van der Waals surface area contributed by atoms with Crippen molar-refractivity contribution in [1.29, 1.82) is 0 Å². The monoisotopic (exact) mass is 362 g/mol. The highest BCUT2D eigenvalue weighted by Gasteiger charge is 2.23.